The first-order valence-electron chi connectivity index (χ1n) is 14.9. The lowest BCUT2D eigenvalue weighted by molar-refractivity contribution is -0.256. The Morgan fingerprint density at radius 3 is 2.34 bits per heavy atom. The standard InChI is InChI=1S/C33H45F3N2/c1-25-5-3-20-38(23-25)26(2)29-12-14-31(15-13-29)30-10-8-27(9-11-30)6-7-28-16-21-37(22-17-28)24-32(18-4-19-32)33(34,35)36/h8-10,12-15,25,28,30H,2-7,11,16-24H2,1H3. The van der Waals surface area contributed by atoms with Gasteiger partial charge in [-0.15, -0.1) is 0 Å². The number of piperidine rings is 2. The number of benzene rings is 1. The van der Waals surface area contributed by atoms with Gasteiger partial charge < -0.3 is 9.80 Å². The zero-order chi connectivity index (χ0) is 26.8. The van der Waals surface area contributed by atoms with Crippen molar-refractivity contribution >= 4 is 5.70 Å². The molecule has 0 radical (unpaired) electrons. The Morgan fingerprint density at radius 1 is 1.03 bits per heavy atom. The van der Waals surface area contributed by atoms with E-state index in [1.54, 1.807) is 0 Å². The molecule has 5 heteroatoms. The second-order valence-electron chi connectivity index (χ2n) is 12.6. The summed E-state index contributed by atoms with van der Waals surface area (Å²) in [5.41, 5.74) is 3.73. The van der Waals surface area contributed by atoms with Gasteiger partial charge >= 0.3 is 6.18 Å². The number of likely N-dealkylation sites (tertiary alicyclic amines) is 2. The number of nitrogens with zero attached hydrogens (tertiary/aromatic N) is 2. The quantitative estimate of drug-likeness (QED) is 0.335. The first-order chi connectivity index (χ1) is 18.2. The minimum Gasteiger partial charge on any atom is -0.371 e. The summed E-state index contributed by atoms with van der Waals surface area (Å²) in [5, 5.41) is 0. The molecule has 2 atom stereocenters. The third kappa shape index (κ3) is 6.24. The van der Waals surface area contributed by atoms with Crippen LogP contribution in [0.4, 0.5) is 13.2 Å². The SMILES string of the molecule is C=C(c1ccc(C2C=CC(CCC3CCN(CC4(C(F)(F)F)CCC4)CC3)=CC2)cc1)N1CCCC(C)C1. The topological polar surface area (TPSA) is 6.48 Å². The van der Waals surface area contributed by atoms with Crippen LogP contribution in [0.2, 0.25) is 0 Å². The van der Waals surface area contributed by atoms with Crippen molar-refractivity contribution in [1.82, 2.24) is 9.80 Å². The monoisotopic (exact) mass is 526 g/mol. The van der Waals surface area contributed by atoms with Gasteiger partial charge in [-0.3, -0.25) is 0 Å². The molecule has 1 aromatic rings. The Balaban J connectivity index is 1.04. The average molecular weight is 527 g/mol. The van der Waals surface area contributed by atoms with Crippen LogP contribution in [0.25, 0.3) is 5.70 Å². The van der Waals surface area contributed by atoms with Crippen LogP contribution in [0.5, 0.6) is 0 Å². The molecule has 208 valence electrons. The van der Waals surface area contributed by atoms with Gasteiger partial charge in [-0.2, -0.15) is 13.2 Å². The molecule has 0 amide bonds. The molecule has 2 aliphatic carbocycles. The van der Waals surface area contributed by atoms with Crippen molar-refractivity contribution < 1.29 is 13.2 Å². The Morgan fingerprint density at radius 2 is 1.76 bits per heavy atom. The van der Waals surface area contributed by atoms with E-state index in [0.29, 0.717) is 24.7 Å². The van der Waals surface area contributed by atoms with E-state index in [1.165, 1.54) is 29.5 Å². The lowest BCUT2D eigenvalue weighted by Crippen LogP contribution is -2.53. The Hall–Kier alpha value is -2.01. The summed E-state index contributed by atoms with van der Waals surface area (Å²) in [6, 6.07) is 9.00. The normalized spacial score (nSPS) is 26.6. The van der Waals surface area contributed by atoms with E-state index in [9.17, 15) is 13.2 Å². The summed E-state index contributed by atoms with van der Waals surface area (Å²) in [4.78, 5) is 4.52. The lowest BCUT2D eigenvalue weighted by Gasteiger charge is -2.47. The highest BCUT2D eigenvalue weighted by molar-refractivity contribution is 5.62. The lowest BCUT2D eigenvalue weighted by atomic mass is 9.67. The average Bonchev–Trinajstić information content (AvgIpc) is 2.89. The molecule has 0 N–H and O–H groups in total. The van der Waals surface area contributed by atoms with E-state index in [0.717, 1.165) is 76.3 Å². The molecule has 5 rings (SSSR count). The summed E-state index contributed by atoms with van der Waals surface area (Å²) in [5.74, 6) is 1.79. The number of halogens is 3. The number of hydrogen-bond acceptors (Lipinski definition) is 2. The molecule has 1 aromatic carbocycles. The third-order valence-corrected chi connectivity index (χ3v) is 9.87. The van der Waals surface area contributed by atoms with Crippen LogP contribution in [-0.2, 0) is 0 Å². The van der Waals surface area contributed by atoms with Gasteiger partial charge in [-0.1, -0.05) is 68.0 Å². The van der Waals surface area contributed by atoms with Gasteiger partial charge in [0.25, 0.3) is 0 Å². The van der Waals surface area contributed by atoms with Gasteiger partial charge in [0.1, 0.15) is 0 Å². The number of hydrogen-bond donors (Lipinski definition) is 0. The highest BCUT2D eigenvalue weighted by atomic mass is 19.4. The van der Waals surface area contributed by atoms with Crippen molar-refractivity contribution in [2.24, 2.45) is 17.3 Å². The zero-order valence-corrected chi connectivity index (χ0v) is 23.1. The molecule has 2 unspecified atom stereocenters. The molecule has 38 heavy (non-hydrogen) atoms. The van der Waals surface area contributed by atoms with Crippen molar-refractivity contribution in [2.75, 3.05) is 32.7 Å². The molecule has 1 saturated carbocycles. The number of allylic oxidation sites excluding steroid dienone is 4. The molecular formula is C33H45F3N2. The second-order valence-corrected chi connectivity index (χ2v) is 12.6. The van der Waals surface area contributed by atoms with E-state index in [2.05, 4.69) is 65.8 Å². The summed E-state index contributed by atoms with van der Waals surface area (Å²) in [7, 11) is 0. The van der Waals surface area contributed by atoms with Gasteiger partial charge in [0.15, 0.2) is 0 Å². The number of alkyl halides is 3. The predicted octanol–water partition coefficient (Wildman–Crippen LogP) is 8.58. The van der Waals surface area contributed by atoms with Crippen LogP contribution in [-0.4, -0.2) is 48.7 Å². The maximum Gasteiger partial charge on any atom is 0.395 e. The van der Waals surface area contributed by atoms with E-state index < -0.39 is 11.6 Å². The van der Waals surface area contributed by atoms with Crippen LogP contribution < -0.4 is 0 Å². The smallest absolute Gasteiger partial charge is 0.371 e. The Bertz CT molecular complexity index is 1010. The molecule has 0 aromatic heterocycles. The fourth-order valence-electron chi connectivity index (χ4n) is 7.00. The molecule has 4 aliphatic rings. The van der Waals surface area contributed by atoms with E-state index in [-0.39, 0.29) is 6.54 Å². The van der Waals surface area contributed by atoms with Crippen LogP contribution in [0.15, 0.2) is 54.6 Å². The molecule has 2 heterocycles. The predicted molar refractivity (Wildman–Crippen MR) is 151 cm³/mol. The third-order valence-electron chi connectivity index (χ3n) is 9.87. The first kappa shape index (κ1) is 27.6. The summed E-state index contributed by atoms with van der Waals surface area (Å²) in [6.07, 6.45) is 12.2. The molecule has 0 bridgehead atoms. The van der Waals surface area contributed by atoms with Crippen LogP contribution in [0, 0.1) is 17.3 Å². The molecule has 2 aliphatic heterocycles. The van der Waals surface area contributed by atoms with Crippen molar-refractivity contribution in [2.45, 2.75) is 83.2 Å². The van der Waals surface area contributed by atoms with E-state index >= 15 is 0 Å². The minimum atomic E-state index is -4.05. The van der Waals surface area contributed by atoms with Crippen LogP contribution in [0.1, 0.15) is 88.2 Å². The summed E-state index contributed by atoms with van der Waals surface area (Å²) in [6.45, 7) is 10.8. The summed E-state index contributed by atoms with van der Waals surface area (Å²) >= 11 is 0. The Labute approximate surface area is 227 Å². The highest BCUT2D eigenvalue weighted by Crippen LogP contribution is 2.53. The van der Waals surface area contributed by atoms with Crippen LogP contribution in [0.3, 0.4) is 0 Å². The van der Waals surface area contributed by atoms with Crippen LogP contribution >= 0.6 is 0 Å². The van der Waals surface area contributed by atoms with Crippen molar-refractivity contribution in [3.8, 4) is 0 Å². The molecular weight excluding hydrogens is 481 g/mol. The maximum absolute atomic E-state index is 13.5. The van der Waals surface area contributed by atoms with Gasteiger partial charge in [-0.25, -0.2) is 0 Å². The summed E-state index contributed by atoms with van der Waals surface area (Å²) < 4.78 is 40.6. The van der Waals surface area contributed by atoms with Crippen molar-refractivity contribution in [3.63, 3.8) is 0 Å². The molecule has 2 nitrogen and oxygen atoms in total. The van der Waals surface area contributed by atoms with Gasteiger partial charge in [0.2, 0.25) is 0 Å². The largest absolute Gasteiger partial charge is 0.395 e. The van der Waals surface area contributed by atoms with E-state index in [1.807, 2.05) is 0 Å². The highest BCUT2D eigenvalue weighted by Gasteiger charge is 2.58. The molecule has 3 fully saturated rings. The van der Waals surface area contributed by atoms with E-state index in [4.69, 9.17) is 0 Å². The molecule has 2 saturated heterocycles. The molecule has 0 spiro atoms. The van der Waals surface area contributed by atoms with Crippen molar-refractivity contribution in [3.05, 3.63) is 65.8 Å². The minimum absolute atomic E-state index is 0.213. The zero-order valence-electron chi connectivity index (χ0n) is 23.1. The fraction of sp³-hybridized carbons (Fsp3) is 0.636. The maximum atomic E-state index is 13.5. The van der Waals surface area contributed by atoms with Crippen molar-refractivity contribution in [1.29, 1.82) is 0 Å². The Kier molecular flexibility index (Phi) is 8.42. The number of rotatable bonds is 8. The first-order valence-corrected chi connectivity index (χ1v) is 14.9. The van der Waals surface area contributed by atoms with Gasteiger partial charge in [-0.05, 0) is 93.8 Å². The van der Waals surface area contributed by atoms with Gasteiger partial charge in [0, 0.05) is 31.2 Å². The fourth-order valence-corrected chi connectivity index (χ4v) is 7.00. The van der Waals surface area contributed by atoms with Gasteiger partial charge in [0.05, 0.1) is 5.41 Å². The second kappa shape index (κ2) is 11.6.